The number of esters is 1. The van der Waals surface area contributed by atoms with Gasteiger partial charge in [0.25, 0.3) is 5.91 Å². The number of nitrogens with zero attached hydrogens (tertiary/aromatic N) is 2. The van der Waals surface area contributed by atoms with Crippen LogP contribution in [0.4, 0.5) is 0 Å². The molecule has 2 rings (SSSR count). The van der Waals surface area contributed by atoms with Gasteiger partial charge in [0.15, 0.2) is 6.10 Å². The molecule has 156 valence electrons. The Hall–Kier alpha value is -2.71. The van der Waals surface area contributed by atoms with Crippen molar-refractivity contribution in [2.75, 3.05) is 21.1 Å². The molecule has 2 aromatic rings. The molecule has 0 saturated heterocycles. The van der Waals surface area contributed by atoms with E-state index in [-0.39, 0.29) is 16.4 Å². The quantitative estimate of drug-likeness (QED) is 0.645. The minimum atomic E-state index is -3.69. The van der Waals surface area contributed by atoms with E-state index in [0.717, 1.165) is 9.87 Å². The van der Waals surface area contributed by atoms with E-state index in [1.165, 1.54) is 38.1 Å². The first-order chi connectivity index (χ1) is 13.5. The smallest absolute Gasteiger partial charge is 0.339 e. The van der Waals surface area contributed by atoms with Crippen LogP contribution in [-0.4, -0.2) is 56.7 Å². The number of likely N-dealkylation sites (N-methyl/N-ethyl adjacent to an activating group) is 1. The highest BCUT2D eigenvalue weighted by molar-refractivity contribution is 7.89. The van der Waals surface area contributed by atoms with Crippen molar-refractivity contribution in [1.82, 2.24) is 9.21 Å². The summed E-state index contributed by atoms with van der Waals surface area (Å²) in [6.45, 7) is 3.56. The Bertz CT molecular complexity index is 987. The molecule has 0 spiro atoms. The molecular formula is C21H26N2O5S. The van der Waals surface area contributed by atoms with E-state index >= 15 is 0 Å². The summed E-state index contributed by atoms with van der Waals surface area (Å²) < 4.78 is 31.0. The lowest BCUT2D eigenvalue weighted by Gasteiger charge is -2.22. The van der Waals surface area contributed by atoms with Crippen molar-refractivity contribution in [3.05, 3.63) is 65.2 Å². The maximum Gasteiger partial charge on any atom is 0.339 e. The molecule has 0 aromatic heterocycles. The number of sulfonamides is 1. The van der Waals surface area contributed by atoms with Crippen LogP contribution in [0.25, 0.3) is 0 Å². The van der Waals surface area contributed by atoms with Crippen LogP contribution >= 0.6 is 0 Å². The van der Waals surface area contributed by atoms with E-state index in [2.05, 4.69) is 0 Å². The Morgan fingerprint density at radius 3 is 2.24 bits per heavy atom. The summed E-state index contributed by atoms with van der Waals surface area (Å²) >= 11 is 0. The first-order valence-electron chi connectivity index (χ1n) is 9.07. The van der Waals surface area contributed by atoms with Crippen molar-refractivity contribution in [3.63, 3.8) is 0 Å². The zero-order valence-electron chi connectivity index (χ0n) is 17.2. The number of rotatable bonds is 7. The number of carbonyl (C=O) groups excluding carboxylic acids is 2. The summed E-state index contributed by atoms with van der Waals surface area (Å²) in [6, 6.07) is 13.7. The second-order valence-corrected chi connectivity index (χ2v) is 9.14. The Balaban J connectivity index is 2.13. The van der Waals surface area contributed by atoms with Crippen LogP contribution in [-0.2, 0) is 26.1 Å². The minimum Gasteiger partial charge on any atom is -0.449 e. The van der Waals surface area contributed by atoms with E-state index in [0.29, 0.717) is 12.1 Å². The van der Waals surface area contributed by atoms with E-state index in [9.17, 15) is 18.0 Å². The van der Waals surface area contributed by atoms with Crippen LogP contribution < -0.4 is 0 Å². The molecule has 29 heavy (non-hydrogen) atoms. The third-order valence-electron chi connectivity index (χ3n) is 4.48. The monoisotopic (exact) mass is 418 g/mol. The van der Waals surface area contributed by atoms with E-state index in [4.69, 9.17) is 4.74 Å². The van der Waals surface area contributed by atoms with Gasteiger partial charge in [-0.15, -0.1) is 0 Å². The molecule has 0 aliphatic rings. The largest absolute Gasteiger partial charge is 0.449 e. The van der Waals surface area contributed by atoms with Crippen LogP contribution in [0.3, 0.4) is 0 Å². The molecule has 0 N–H and O–H groups in total. The van der Waals surface area contributed by atoms with Crippen LogP contribution in [0.1, 0.15) is 28.4 Å². The maximum absolute atomic E-state index is 12.6. The fourth-order valence-electron chi connectivity index (χ4n) is 2.71. The van der Waals surface area contributed by atoms with Gasteiger partial charge < -0.3 is 9.64 Å². The molecule has 0 saturated carbocycles. The molecule has 0 heterocycles. The number of ether oxygens (including phenoxy) is 1. The zero-order chi connectivity index (χ0) is 21.8. The van der Waals surface area contributed by atoms with Crippen molar-refractivity contribution >= 4 is 21.9 Å². The lowest BCUT2D eigenvalue weighted by atomic mass is 10.1. The number of carbonyl (C=O) groups is 2. The summed E-state index contributed by atoms with van der Waals surface area (Å²) in [6.07, 6.45) is -1.01. The van der Waals surface area contributed by atoms with Gasteiger partial charge in [-0.05, 0) is 37.1 Å². The van der Waals surface area contributed by atoms with Crippen molar-refractivity contribution in [1.29, 1.82) is 0 Å². The number of hydrogen-bond donors (Lipinski definition) is 0. The molecule has 0 fully saturated rings. The van der Waals surface area contributed by atoms with Gasteiger partial charge in [-0.2, -0.15) is 0 Å². The molecule has 1 atom stereocenters. The van der Waals surface area contributed by atoms with Gasteiger partial charge in [0.1, 0.15) is 0 Å². The highest BCUT2D eigenvalue weighted by Crippen LogP contribution is 2.19. The number of aryl methyl sites for hydroxylation is 1. The average Bonchev–Trinajstić information content (AvgIpc) is 2.67. The standard InChI is InChI=1S/C21H26N2O5S/c1-15-11-12-18(29(26,27)22(3)4)13-19(15)21(25)28-16(2)20(24)23(5)14-17-9-7-6-8-10-17/h6-13,16H,14H2,1-5H3/t16-/m0/s1. The molecule has 1 amide bonds. The second-order valence-electron chi connectivity index (χ2n) is 6.99. The summed E-state index contributed by atoms with van der Waals surface area (Å²) in [5.74, 6) is -1.09. The lowest BCUT2D eigenvalue weighted by molar-refractivity contribution is -0.139. The predicted octanol–water partition coefficient (Wildman–Crippen LogP) is 2.45. The first-order valence-corrected chi connectivity index (χ1v) is 10.5. The molecule has 0 bridgehead atoms. The van der Waals surface area contributed by atoms with E-state index < -0.39 is 22.1 Å². The van der Waals surface area contributed by atoms with Gasteiger partial charge >= 0.3 is 5.97 Å². The Morgan fingerprint density at radius 1 is 1.03 bits per heavy atom. The molecule has 2 aromatic carbocycles. The zero-order valence-corrected chi connectivity index (χ0v) is 18.1. The highest BCUT2D eigenvalue weighted by atomic mass is 32.2. The normalized spacial score (nSPS) is 12.5. The Morgan fingerprint density at radius 2 is 1.66 bits per heavy atom. The van der Waals surface area contributed by atoms with Gasteiger partial charge in [-0.25, -0.2) is 17.5 Å². The maximum atomic E-state index is 12.6. The number of amides is 1. The van der Waals surface area contributed by atoms with Crippen molar-refractivity contribution in [2.45, 2.75) is 31.4 Å². The predicted molar refractivity (Wildman–Crippen MR) is 110 cm³/mol. The Kier molecular flexibility index (Phi) is 7.16. The van der Waals surface area contributed by atoms with Gasteiger partial charge in [0.05, 0.1) is 10.5 Å². The first kappa shape index (κ1) is 22.6. The van der Waals surface area contributed by atoms with Crippen LogP contribution in [0.15, 0.2) is 53.4 Å². The van der Waals surface area contributed by atoms with Crippen molar-refractivity contribution in [2.24, 2.45) is 0 Å². The summed E-state index contributed by atoms with van der Waals surface area (Å²) in [5.41, 5.74) is 1.63. The van der Waals surface area contributed by atoms with Crippen LogP contribution in [0, 0.1) is 6.92 Å². The van der Waals surface area contributed by atoms with Crippen molar-refractivity contribution in [3.8, 4) is 0 Å². The third kappa shape index (κ3) is 5.42. The summed E-state index contributed by atoms with van der Waals surface area (Å²) in [4.78, 5) is 26.6. The topological polar surface area (TPSA) is 84.0 Å². The molecule has 8 heteroatoms. The molecule has 0 unspecified atom stereocenters. The highest BCUT2D eigenvalue weighted by Gasteiger charge is 2.25. The van der Waals surface area contributed by atoms with E-state index in [1.54, 1.807) is 20.0 Å². The number of benzene rings is 2. The molecule has 0 aliphatic carbocycles. The fraction of sp³-hybridized carbons (Fsp3) is 0.333. The molecule has 0 radical (unpaired) electrons. The van der Waals surface area contributed by atoms with Crippen molar-refractivity contribution < 1.29 is 22.7 Å². The lowest BCUT2D eigenvalue weighted by Crippen LogP contribution is -2.37. The second kappa shape index (κ2) is 9.19. The van der Waals surface area contributed by atoms with Gasteiger partial charge in [-0.3, -0.25) is 4.79 Å². The van der Waals surface area contributed by atoms with E-state index in [1.807, 2.05) is 30.3 Å². The van der Waals surface area contributed by atoms with Gasteiger partial charge in [0, 0.05) is 27.7 Å². The number of hydrogen-bond acceptors (Lipinski definition) is 5. The minimum absolute atomic E-state index is 0.0137. The molecular weight excluding hydrogens is 392 g/mol. The SMILES string of the molecule is Cc1ccc(S(=O)(=O)N(C)C)cc1C(=O)O[C@@H](C)C(=O)N(C)Cc1ccccc1. The fourth-order valence-corrected chi connectivity index (χ4v) is 3.64. The van der Waals surface area contributed by atoms with Crippen LogP contribution in [0.5, 0.6) is 0 Å². The molecule has 0 aliphatic heterocycles. The molecule has 7 nitrogen and oxygen atoms in total. The third-order valence-corrected chi connectivity index (χ3v) is 6.29. The summed E-state index contributed by atoms with van der Waals surface area (Å²) in [5, 5.41) is 0. The van der Waals surface area contributed by atoms with Gasteiger partial charge in [-0.1, -0.05) is 36.4 Å². The average molecular weight is 419 g/mol. The Labute approximate surface area is 171 Å². The van der Waals surface area contributed by atoms with Gasteiger partial charge in [0.2, 0.25) is 10.0 Å². The van der Waals surface area contributed by atoms with Crippen LogP contribution in [0.2, 0.25) is 0 Å². The summed E-state index contributed by atoms with van der Waals surface area (Å²) in [7, 11) is 0.768.